The third kappa shape index (κ3) is 4.42. The molecule has 0 aliphatic heterocycles. The maximum absolute atomic E-state index is 11.7. The molecule has 0 amide bonds. The Balaban J connectivity index is 1.68. The summed E-state index contributed by atoms with van der Waals surface area (Å²) in [7, 11) is 3.23. The fourth-order valence-electron chi connectivity index (χ4n) is 8.37. The predicted molar refractivity (Wildman–Crippen MR) is 164 cm³/mol. The number of fused-ring (bicyclic) bond motifs is 7. The third-order valence-corrected chi connectivity index (χ3v) is 8.96. The SMILES string of the molecule is COc1ccc(-c2cc3c(O)cc4c(c3cc2OC(C)O)-c2ccccc2C42CC(C)(C)CC(C)(C)C2)c(OC)c1. The van der Waals surface area contributed by atoms with Crippen molar-refractivity contribution in [1.82, 2.24) is 0 Å². The second-order valence-corrected chi connectivity index (χ2v) is 13.5. The van der Waals surface area contributed by atoms with Crippen LogP contribution < -0.4 is 14.2 Å². The van der Waals surface area contributed by atoms with Gasteiger partial charge in [-0.1, -0.05) is 52.0 Å². The molecule has 1 unspecified atom stereocenters. The Hall–Kier alpha value is -3.70. The molecule has 41 heavy (non-hydrogen) atoms. The maximum atomic E-state index is 11.7. The summed E-state index contributed by atoms with van der Waals surface area (Å²) in [6.07, 6.45) is 2.14. The summed E-state index contributed by atoms with van der Waals surface area (Å²) in [5.41, 5.74) is 6.43. The average Bonchev–Trinajstić information content (AvgIpc) is 3.14. The second kappa shape index (κ2) is 9.42. The van der Waals surface area contributed by atoms with Crippen molar-refractivity contribution in [3.8, 4) is 45.3 Å². The van der Waals surface area contributed by atoms with E-state index in [9.17, 15) is 10.2 Å². The molecule has 1 atom stereocenters. The molecule has 5 heteroatoms. The molecule has 0 bridgehead atoms. The van der Waals surface area contributed by atoms with Crippen LogP contribution in [-0.2, 0) is 5.41 Å². The van der Waals surface area contributed by atoms with E-state index in [-0.39, 0.29) is 22.0 Å². The van der Waals surface area contributed by atoms with Gasteiger partial charge in [0.15, 0.2) is 6.29 Å². The molecule has 1 saturated carbocycles. The van der Waals surface area contributed by atoms with E-state index in [1.54, 1.807) is 21.1 Å². The van der Waals surface area contributed by atoms with E-state index >= 15 is 0 Å². The minimum absolute atomic E-state index is 0.135. The van der Waals surface area contributed by atoms with E-state index in [1.807, 2.05) is 36.4 Å². The van der Waals surface area contributed by atoms with Gasteiger partial charge in [-0.15, -0.1) is 0 Å². The van der Waals surface area contributed by atoms with E-state index in [4.69, 9.17) is 14.2 Å². The summed E-state index contributed by atoms with van der Waals surface area (Å²) >= 11 is 0. The Labute approximate surface area is 242 Å². The Morgan fingerprint density at radius 2 is 1.41 bits per heavy atom. The van der Waals surface area contributed by atoms with Crippen LogP contribution in [0.25, 0.3) is 33.0 Å². The number of rotatable bonds is 5. The van der Waals surface area contributed by atoms with Crippen LogP contribution in [-0.4, -0.2) is 30.7 Å². The lowest BCUT2D eigenvalue weighted by Gasteiger charge is -2.51. The normalized spacial score (nSPS) is 18.5. The van der Waals surface area contributed by atoms with E-state index < -0.39 is 6.29 Å². The number of benzene rings is 4. The molecule has 1 spiro atoms. The number of phenolic OH excluding ortho intramolecular Hbond substituents is 1. The van der Waals surface area contributed by atoms with E-state index in [0.29, 0.717) is 22.8 Å². The number of aromatic hydroxyl groups is 1. The van der Waals surface area contributed by atoms with Crippen molar-refractivity contribution in [2.24, 2.45) is 10.8 Å². The number of aliphatic hydroxyl groups excluding tert-OH is 1. The fourth-order valence-corrected chi connectivity index (χ4v) is 8.37. The molecule has 2 aliphatic rings. The Morgan fingerprint density at radius 3 is 2.07 bits per heavy atom. The van der Waals surface area contributed by atoms with Gasteiger partial charge < -0.3 is 24.4 Å². The smallest absolute Gasteiger partial charge is 0.194 e. The lowest BCUT2D eigenvalue weighted by molar-refractivity contribution is 0.000225. The summed E-state index contributed by atoms with van der Waals surface area (Å²) in [5, 5.41) is 23.7. The van der Waals surface area contributed by atoms with E-state index in [1.165, 1.54) is 16.7 Å². The van der Waals surface area contributed by atoms with Crippen LogP contribution in [0.5, 0.6) is 23.0 Å². The Kier molecular flexibility index (Phi) is 6.31. The van der Waals surface area contributed by atoms with Gasteiger partial charge in [0.1, 0.15) is 23.0 Å². The zero-order chi connectivity index (χ0) is 29.3. The van der Waals surface area contributed by atoms with Gasteiger partial charge in [0, 0.05) is 28.0 Å². The van der Waals surface area contributed by atoms with Gasteiger partial charge in [0.2, 0.25) is 0 Å². The molecule has 2 N–H and O–H groups in total. The molecule has 0 heterocycles. The molecule has 4 aromatic rings. The zero-order valence-electron chi connectivity index (χ0n) is 25.1. The van der Waals surface area contributed by atoms with Crippen molar-refractivity contribution >= 4 is 10.8 Å². The van der Waals surface area contributed by atoms with Crippen LogP contribution in [0.15, 0.2) is 60.7 Å². The monoisotopic (exact) mass is 552 g/mol. The van der Waals surface area contributed by atoms with Crippen molar-refractivity contribution in [3.63, 3.8) is 0 Å². The van der Waals surface area contributed by atoms with E-state index in [2.05, 4.69) is 52.0 Å². The number of hydrogen-bond acceptors (Lipinski definition) is 5. The quantitative estimate of drug-likeness (QED) is 0.243. The molecule has 6 rings (SSSR count). The topological polar surface area (TPSA) is 68.2 Å². The molecule has 214 valence electrons. The number of methoxy groups -OCH3 is 2. The van der Waals surface area contributed by atoms with Crippen LogP contribution in [0.3, 0.4) is 0 Å². The molecule has 5 nitrogen and oxygen atoms in total. The Bertz CT molecular complexity index is 1650. The highest BCUT2D eigenvalue weighted by Crippen LogP contribution is 2.65. The van der Waals surface area contributed by atoms with Gasteiger partial charge in [-0.05, 0) is 95.0 Å². The van der Waals surface area contributed by atoms with Crippen molar-refractivity contribution in [2.75, 3.05) is 14.2 Å². The summed E-state index contributed by atoms with van der Waals surface area (Å²) < 4.78 is 17.2. The second-order valence-electron chi connectivity index (χ2n) is 13.5. The molecular formula is C36H40O5. The highest BCUT2D eigenvalue weighted by Gasteiger charge is 2.53. The minimum Gasteiger partial charge on any atom is -0.507 e. The lowest BCUT2D eigenvalue weighted by atomic mass is 9.52. The summed E-state index contributed by atoms with van der Waals surface area (Å²) in [5.74, 6) is 2.04. The first-order chi connectivity index (χ1) is 19.4. The fraction of sp³-hybridized carbons (Fsp3) is 0.389. The first-order valence-electron chi connectivity index (χ1n) is 14.4. The van der Waals surface area contributed by atoms with Crippen molar-refractivity contribution < 1.29 is 24.4 Å². The minimum atomic E-state index is -1.03. The van der Waals surface area contributed by atoms with E-state index in [0.717, 1.165) is 41.2 Å². The number of phenols is 1. The summed E-state index contributed by atoms with van der Waals surface area (Å²) in [6, 6.07) is 20.3. The summed E-state index contributed by atoms with van der Waals surface area (Å²) in [4.78, 5) is 0. The van der Waals surface area contributed by atoms with Gasteiger partial charge in [-0.2, -0.15) is 0 Å². The van der Waals surface area contributed by atoms with Gasteiger partial charge in [-0.25, -0.2) is 0 Å². The Morgan fingerprint density at radius 1 is 0.707 bits per heavy atom. The van der Waals surface area contributed by atoms with Crippen LogP contribution >= 0.6 is 0 Å². The number of hydrogen-bond donors (Lipinski definition) is 2. The molecule has 1 fully saturated rings. The van der Waals surface area contributed by atoms with Gasteiger partial charge in [0.25, 0.3) is 0 Å². The lowest BCUT2D eigenvalue weighted by Crippen LogP contribution is -2.43. The average molecular weight is 553 g/mol. The number of ether oxygens (including phenoxy) is 3. The summed E-state index contributed by atoms with van der Waals surface area (Å²) in [6.45, 7) is 11.1. The van der Waals surface area contributed by atoms with Crippen molar-refractivity contribution in [3.05, 3.63) is 71.8 Å². The maximum Gasteiger partial charge on any atom is 0.194 e. The highest BCUT2D eigenvalue weighted by molar-refractivity contribution is 6.08. The largest absolute Gasteiger partial charge is 0.507 e. The van der Waals surface area contributed by atoms with Gasteiger partial charge in [0.05, 0.1) is 14.2 Å². The molecule has 0 saturated heterocycles. The zero-order valence-corrected chi connectivity index (χ0v) is 25.1. The van der Waals surface area contributed by atoms with Gasteiger partial charge in [-0.3, -0.25) is 0 Å². The first kappa shape index (κ1) is 27.5. The first-order valence-corrected chi connectivity index (χ1v) is 14.4. The molecule has 4 aromatic carbocycles. The standard InChI is InChI=1S/C36H40O5/c1-21(37)41-32-16-27-25(15-26(32)23-13-12-22(39-6)14-31(23)40-7)30(38)17-29-33(27)24-10-8-9-11-28(24)36(29)19-34(2,3)18-35(4,5)20-36/h8-17,21,37-38H,18-20H2,1-7H3. The van der Waals surface area contributed by atoms with Crippen molar-refractivity contribution in [2.45, 2.75) is 65.6 Å². The molecule has 0 aromatic heterocycles. The molecule has 2 aliphatic carbocycles. The third-order valence-electron chi connectivity index (χ3n) is 8.96. The van der Waals surface area contributed by atoms with Crippen LogP contribution in [0.2, 0.25) is 0 Å². The molecular weight excluding hydrogens is 512 g/mol. The van der Waals surface area contributed by atoms with Gasteiger partial charge >= 0.3 is 0 Å². The molecule has 0 radical (unpaired) electrons. The number of aliphatic hydroxyl groups is 1. The highest BCUT2D eigenvalue weighted by atomic mass is 16.6. The van der Waals surface area contributed by atoms with Crippen LogP contribution in [0.1, 0.15) is 65.0 Å². The predicted octanol–water partition coefficient (Wildman–Crippen LogP) is 8.45. The van der Waals surface area contributed by atoms with Crippen LogP contribution in [0, 0.1) is 10.8 Å². The van der Waals surface area contributed by atoms with Crippen molar-refractivity contribution in [1.29, 1.82) is 0 Å². The van der Waals surface area contributed by atoms with Crippen LogP contribution in [0.4, 0.5) is 0 Å².